The Kier molecular flexibility index (Phi) is 4.69. The number of methoxy groups -OCH3 is 1. The van der Waals surface area contributed by atoms with Crippen LogP contribution in [0.25, 0.3) is 0 Å². The van der Waals surface area contributed by atoms with E-state index in [4.69, 9.17) is 39.5 Å². The fourth-order valence-corrected chi connectivity index (χ4v) is 2.13. The average molecular weight is 336 g/mol. The summed E-state index contributed by atoms with van der Waals surface area (Å²) in [7, 11) is 1.51. The summed E-state index contributed by atoms with van der Waals surface area (Å²) in [6.45, 7) is -0.109. The van der Waals surface area contributed by atoms with E-state index < -0.39 is 0 Å². The summed E-state index contributed by atoms with van der Waals surface area (Å²) in [6, 6.07) is 4.89. The highest BCUT2D eigenvalue weighted by Gasteiger charge is 2.11. The van der Waals surface area contributed by atoms with Crippen molar-refractivity contribution in [1.29, 1.82) is 0 Å². The number of carbonyl (C=O) groups excluding carboxylic acids is 1. The topological polar surface area (TPSA) is 69.0 Å². The molecule has 0 saturated carbocycles. The van der Waals surface area contributed by atoms with Crippen LogP contribution in [0.15, 0.2) is 18.2 Å². The average Bonchev–Trinajstić information content (AvgIpc) is 2.68. The highest BCUT2D eigenvalue weighted by Crippen LogP contribution is 2.27. The number of rotatable bonds is 4. The van der Waals surface area contributed by atoms with Gasteiger partial charge in [0.25, 0.3) is 0 Å². The zero-order valence-electron chi connectivity index (χ0n) is 10.2. The second-order valence-corrected chi connectivity index (χ2v) is 4.79. The number of aromatic nitrogens is 3. The molecular formula is C11H9Cl3N4O2. The Balaban J connectivity index is 2.04. The fourth-order valence-electron chi connectivity index (χ4n) is 1.48. The number of ether oxygens (including phenoxy) is 1. The van der Waals surface area contributed by atoms with E-state index in [1.165, 1.54) is 11.8 Å². The quantitative estimate of drug-likeness (QED) is 0.933. The number of amides is 1. The molecule has 9 heteroatoms. The summed E-state index contributed by atoms with van der Waals surface area (Å²) in [5.74, 6) is 0.186. The zero-order valence-corrected chi connectivity index (χ0v) is 12.5. The van der Waals surface area contributed by atoms with Crippen molar-refractivity contribution in [3.8, 4) is 5.75 Å². The standard InChI is InChI=1S/C11H9Cl3N4O2/c1-20-8-3-2-6(4-7(8)12)15-9(19)5-18-11(14)16-10(13)17-18/h2-4H,5H2,1H3,(H,15,19). The third-order valence-electron chi connectivity index (χ3n) is 2.33. The summed E-state index contributed by atoms with van der Waals surface area (Å²) in [4.78, 5) is 15.5. The molecule has 6 nitrogen and oxygen atoms in total. The number of benzene rings is 1. The third kappa shape index (κ3) is 3.53. The lowest BCUT2D eigenvalue weighted by Gasteiger charge is -2.08. The predicted molar refractivity (Wildman–Crippen MR) is 76.7 cm³/mol. The minimum absolute atomic E-state index is 0.0182. The molecule has 2 aromatic rings. The van der Waals surface area contributed by atoms with Crippen molar-refractivity contribution in [2.24, 2.45) is 0 Å². The second kappa shape index (κ2) is 6.30. The molecule has 0 aliphatic heterocycles. The van der Waals surface area contributed by atoms with Crippen molar-refractivity contribution >= 4 is 46.4 Å². The summed E-state index contributed by atoms with van der Waals surface area (Å²) in [6.07, 6.45) is 0. The van der Waals surface area contributed by atoms with Gasteiger partial charge in [0.2, 0.25) is 16.5 Å². The molecule has 0 aliphatic rings. The van der Waals surface area contributed by atoms with E-state index in [0.717, 1.165) is 0 Å². The molecule has 0 spiro atoms. The van der Waals surface area contributed by atoms with Crippen LogP contribution < -0.4 is 10.1 Å². The third-order valence-corrected chi connectivity index (χ3v) is 3.06. The van der Waals surface area contributed by atoms with Crippen LogP contribution in [0, 0.1) is 0 Å². The first kappa shape index (κ1) is 14.9. The van der Waals surface area contributed by atoms with Crippen LogP contribution in [0.4, 0.5) is 5.69 Å². The van der Waals surface area contributed by atoms with Gasteiger partial charge in [0.15, 0.2) is 0 Å². The maximum Gasteiger partial charge on any atom is 0.246 e. The maximum absolute atomic E-state index is 11.8. The van der Waals surface area contributed by atoms with Gasteiger partial charge >= 0.3 is 0 Å². The molecule has 1 aromatic carbocycles. The van der Waals surface area contributed by atoms with Crippen LogP contribution in [0.2, 0.25) is 15.6 Å². The van der Waals surface area contributed by atoms with E-state index in [1.807, 2.05) is 0 Å². The minimum Gasteiger partial charge on any atom is -0.495 e. The van der Waals surface area contributed by atoms with E-state index in [2.05, 4.69) is 15.4 Å². The van der Waals surface area contributed by atoms with Crippen molar-refractivity contribution in [3.63, 3.8) is 0 Å². The summed E-state index contributed by atoms with van der Waals surface area (Å²) in [5.41, 5.74) is 0.531. The highest BCUT2D eigenvalue weighted by molar-refractivity contribution is 6.32. The van der Waals surface area contributed by atoms with Crippen LogP contribution >= 0.6 is 34.8 Å². The Morgan fingerprint density at radius 2 is 2.15 bits per heavy atom. The number of nitrogens with one attached hydrogen (secondary N) is 1. The number of hydrogen-bond acceptors (Lipinski definition) is 4. The van der Waals surface area contributed by atoms with Crippen molar-refractivity contribution in [3.05, 3.63) is 33.8 Å². The molecule has 1 N–H and O–H groups in total. The molecule has 0 radical (unpaired) electrons. The van der Waals surface area contributed by atoms with Gasteiger partial charge in [0, 0.05) is 5.69 Å². The first-order valence-electron chi connectivity index (χ1n) is 5.39. The Bertz CT molecular complexity index is 645. The summed E-state index contributed by atoms with van der Waals surface area (Å²) in [5, 5.41) is 6.84. The Hall–Kier alpha value is -1.50. The largest absolute Gasteiger partial charge is 0.495 e. The van der Waals surface area contributed by atoms with Crippen molar-refractivity contribution < 1.29 is 9.53 Å². The molecular weight excluding hydrogens is 327 g/mol. The molecule has 0 bridgehead atoms. The van der Waals surface area contributed by atoms with Gasteiger partial charge in [-0.05, 0) is 41.4 Å². The van der Waals surface area contributed by atoms with Crippen LogP contribution in [0.1, 0.15) is 0 Å². The van der Waals surface area contributed by atoms with E-state index >= 15 is 0 Å². The van der Waals surface area contributed by atoms with E-state index in [1.54, 1.807) is 18.2 Å². The number of hydrogen-bond donors (Lipinski definition) is 1. The van der Waals surface area contributed by atoms with Gasteiger partial charge < -0.3 is 10.1 Å². The highest BCUT2D eigenvalue weighted by atomic mass is 35.5. The minimum atomic E-state index is -0.338. The van der Waals surface area contributed by atoms with E-state index in [-0.39, 0.29) is 23.0 Å². The van der Waals surface area contributed by atoms with Gasteiger partial charge in [-0.25, -0.2) is 4.68 Å². The monoisotopic (exact) mass is 334 g/mol. The fraction of sp³-hybridized carbons (Fsp3) is 0.182. The molecule has 20 heavy (non-hydrogen) atoms. The first-order chi connectivity index (χ1) is 9.49. The van der Waals surface area contributed by atoms with Gasteiger partial charge in [-0.1, -0.05) is 11.6 Å². The van der Waals surface area contributed by atoms with Gasteiger partial charge in [-0.15, -0.1) is 5.10 Å². The Labute approximate surface area is 129 Å². The maximum atomic E-state index is 11.8. The van der Waals surface area contributed by atoms with E-state index in [0.29, 0.717) is 16.5 Å². The summed E-state index contributed by atoms with van der Waals surface area (Å²) < 4.78 is 6.20. The second-order valence-electron chi connectivity index (χ2n) is 3.71. The molecule has 0 fully saturated rings. The molecule has 0 aliphatic carbocycles. The Morgan fingerprint density at radius 3 is 2.70 bits per heavy atom. The van der Waals surface area contributed by atoms with E-state index in [9.17, 15) is 4.79 Å². The van der Waals surface area contributed by atoms with Crippen molar-refractivity contribution in [2.75, 3.05) is 12.4 Å². The van der Waals surface area contributed by atoms with Crippen molar-refractivity contribution in [2.45, 2.75) is 6.54 Å². The summed E-state index contributed by atoms with van der Waals surface area (Å²) >= 11 is 17.3. The molecule has 106 valence electrons. The van der Waals surface area contributed by atoms with Crippen LogP contribution in [0.5, 0.6) is 5.75 Å². The number of halogens is 3. The smallest absolute Gasteiger partial charge is 0.246 e. The van der Waals surface area contributed by atoms with Crippen LogP contribution in [-0.4, -0.2) is 27.8 Å². The molecule has 2 rings (SSSR count). The molecule has 1 heterocycles. The lowest BCUT2D eigenvalue weighted by molar-refractivity contribution is -0.116. The molecule has 0 unspecified atom stereocenters. The normalized spacial score (nSPS) is 10.4. The van der Waals surface area contributed by atoms with Crippen LogP contribution in [0.3, 0.4) is 0 Å². The van der Waals surface area contributed by atoms with Crippen LogP contribution in [-0.2, 0) is 11.3 Å². The van der Waals surface area contributed by atoms with Gasteiger partial charge in [0.1, 0.15) is 12.3 Å². The lowest BCUT2D eigenvalue weighted by Crippen LogP contribution is -2.19. The molecule has 1 amide bonds. The number of anilines is 1. The lowest BCUT2D eigenvalue weighted by atomic mass is 10.3. The SMILES string of the molecule is COc1ccc(NC(=O)Cn2nc(Cl)nc2Cl)cc1Cl. The molecule has 1 aromatic heterocycles. The molecule has 0 saturated heterocycles. The van der Waals surface area contributed by atoms with Crippen molar-refractivity contribution in [1.82, 2.24) is 14.8 Å². The number of nitrogens with zero attached hydrogens (tertiary/aromatic N) is 3. The zero-order chi connectivity index (χ0) is 14.7. The van der Waals surface area contributed by atoms with Gasteiger partial charge in [0.05, 0.1) is 12.1 Å². The molecule has 0 atom stereocenters. The first-order valence-corrected chi connectivity index (χ1v) is 6.52. The number of carbonyl (C=O) groups is 1. The van der Waals surface area contributed by atoms with Gasteiger partial charge in [-0.2, -0.15) is 4.98 Å². The van der Waals surface area contributed by atoms with Gasteiger partial charge in [-0.3, -0.25) is 4.79 Å². The predicted octanol–water partition coefficient (Wildman–Crippen LogP) is 2.89. The Morgan fingerprint density at radius 1 is 1.40 bits per heavy atom.